The predicted molar refractivity (Wildman–Crippen MR) is 74.6 cm³/mol. The normalized spacial score (nSPS) is 9.73. The van der Waals surface area contributed by atoms with Crippen LogP contribution in [0.3, 0.4) is 0 Å². The molecule has 0 aromatic heterocycles. The zero-order valence-electron chi connectivity index (χ0n) is 8.22. The van der Waals surface area contributed by atoms with E-state index < -0.39 is 0 Å². The fraction of sp³-hybridized carbons (Fsp3) is 0.750. The summed E-state index contributed by atoms with van der Waals surface area (Å²) in [6.45, 7) is 1.98. The summed E-state index contributed by atoms with van der Waals surface area (Å²) in [6, 6.07) is 0. The lowest BCUT2D eigenvalue weighted by Crippen LogP contribution is -2.30. The molecule has 0 radical (unpaired) electrons. The van der Waals surface area contributed by atoms with Gasteiger partial charge in [-0.1, -0.05) is 45.2 Å². The predicted octanol–water partition coefficient (Wildman–Crippen LogP) is 0.105. The summed E-state index contributed by atoms with van der Waals surface area (Å²) >= 11 is 4.00. The molecule has 0 rings (SSSR count). The molecule has 0 aliphatic rings. The van der Waals surface area contributed by atoms with Crippen molar-refractivity contribution in [2.75, 3.05) is 35.2 Å². The average Bonchev–Trinajstić information content (AvgIpc) is 2.26. The second kappa shape index (κ2) is 10.9. The van der Waals surface area contributed by atoms with Crippen LogP contribution in [-0.4, -0.2) is 47.0 Å². The standard InChI is InChI=1S/C8H14I2N2O3/c9-5-7(13)11-1-3-15-4-2-12-8(14)6-10/h1-6H2,(H,11,13)(H,12,14). The van der Waals surface area contributed by atoms with E-state index in [0.717, 1.165) is 0 Å². The van der Waals surface area contributed by atoms with Gasteiger partial charge in [0.1, 0.15) is 0 Å². The zero-order chi connectivity index (χ0) is 11.5. The summed E-state index contributed by atoms with van der Waals surface area (Å²) in [4.78, 5) is 21.6. The third kappa shape index (κ3) is 10.6. The second-order valence-corrected chi connectivity index (χ2v) is 4.11. The van der Waals surface area contributed by atoms with Gasteiger partial charge < -0.3 is 15.4 Å². The fourth-order valence-electron chi connectivity index (χ4n) is 0.722. The van der Waals surface area contributed by atoms with Crippen LogP contribution < -0.4 is 10.6 Å². The first-order valence-corrected chi connectivity index (χ1v) is 7.49. The van der Waals surface area contributed by atoms with Crippen molar-refractivity contribution in [1.82, 2.24) is 10.6 Å². The quantitative estimate of drug-likeness (QED) is 0.320. The average molecular weight is 440 g/mol. The largest absolute Gasteiger partial charge is 0.378 e. The molecular weight excluding hydrogens is 426 g/mol. The van der Waals surface area contributed by atoms with E-state index in [1.165, 1.54) is 0 Å². The third-order valence-electron chi connectivity index (χ3n) is 1.38. The molecular formula is C8H14I2N2O3. The van der Waals surface area contributed by atoms with E-state index in [0.29, 0.717) is 35.2 Å². The van der Waals surface area contributed by atoms with Gasteiger partial charge in [-0.05, 0) is 0 Å². The number of rotatable bonds is 8. The maximum absolute atomic E-state index is 10.8. The lowest BCUT2D eigenvalue weighted by atomic mass is 10.6. The van der Waals surface area contributed by atoms with E-state index >= 15 is 0 Å². The topological polar surface area (TPSA) is 67.4 Å². The highest BCUT2D eigenvalue weighted by Crippen LogP contribution is 1.81. The summed E-state index contributed by atoms with van der Waals surface area (Å²) in [7, 11) is 0. The molecule has 0 spiro atoms. The van der Waals surface area contributed by atoms with Gasteiger partial charge in [-0.15, -0.1) is 0 Å². The Balaban J connectivity index is 3.11. The molecule has 0 bridgehead atoms. The van der Waals surface area contributed by atoms with Crippen molar-refractivity contribution in [2.45, 2.75) is 0 Å². The smallest absolute Gasteiger partial charge is 0.229 e. The molecule has 0 unspecified atom stereocenters. The van der Waals surface area contributed by atoms with Gasteiger partial charge in [0.05, 0.1) is 22.1 Å². The lowest BCUT2D eigenvalue weighted by molar-refractivity contribution is -0.119. The number of hydrogen-bond acceptors (Lipinski definition) is 3. The number of alkyl halides is 2. The Labute approximate surface area is 116 Å². The van der Waals surface area contributed by atoms with Crippen LogP contribution in [0.4, 0.5) is 0 Å². The highest BCUT2D eigenvalue weighted by atomic mass is 127. The molecule has 88 valence electrons. The second-order valence-electron chi connectivity index (χ2n) is 2.58. The van der Waals surface area contributed by atoms with Gasteiger partial charge in [0.15, 0.2) is 0 Å². The van der Waals surface area contributed by atoms with Crippen LogP contribution in [0.15, 0.2) is 0 Å². The first kappa shape index (κ1) is 15.4. The zero-order valence-corrected chi connectivity index (χ0v) is 12.5. The van der Waals surface area contributed by atoms with Gasteiger partial charge in [0, 0.05) is 13.1 Å². The lowest BCUT2D eigenvalue weighted by Gasteiger charge is -2.05. The Morgan fingerprint density at radius 3 is 1.67 bits per heavy atom. The van der Waals surface area contributed by atoms with Crippen molar-refractivity contribution in [2.24, 2.45) is 0 Å². The van der Waals surface area contributed by atoms with Crippen LogP contribution in [0, 0.1) is 0 Å². The minimum atomic E-state index is 0.0115. The van der Waals surface area contributed by atoms with Crippen LogP contribution in [0.25, 0.3) is 0 Å². The van der Waals surface area contributed by atoms with E-state index in [4.69, 9.17) is 4.74 Å². The fourth-order valence-corrected chi connectivity index (χ4v) is 1.26. The molecule has 7 heteroatoms. The van der Waals surface area contributed by atoms with Crippen molar-refractivity contribution in [3.8, 4) is 0 Å². The molecule has 5 nitrogen and oxygen atoms in total. The van der Waals surface area contributed by atoms with Crippen molar-refractivity contribution < 1.29 is 14.3 Å². The molecule has 0 saturated heterocycles. The van der Waals surface area contributed by atoms with Crippen molar-refractivity contribution >= 4 is 57.0 Å². The Hall–Kier alpha value is 0.360. The molecule has 2 amide bonds. The molecule has 2 N–H and O–H groups in total. The summed E-state index contributed by atoms with van der Waals surface area (Å²) in [5.74, 6) is 0.0230. The number of nitrogens with one attached hydrogen (secondary N) is 2. The Morgan fingerprint density at radius 1 is 0.933 bits per heavy atom. The molecule has 0 aliphatic carbocycles. The number of carbonyl (C=O) groups excluding carboxylic acids is 2. The van der Waals surface area contributed by atoms with Crippen LogP contribution in [-0.2, 0) is 14.3 Å². The first-order valence-electron chi connectivity index (χ1n) is 4.43. The Kier molecular flexibility index (Phi) is 11.1. The monoisotopic (exact) mass is 440 g/mol. The first-order chi connectivity index (χ1) is 7.20. The number of carbonyl (C=O) groups is 2. The van der Waals surface area contributed by atoms with Gasteiger partial charge >= 0.3 is 0 Å². The summed E-state index contributed by atoms with van der Waals surface area (Å²) in [5, 5.41) is 5.37. The van der Waals surface area contributed by atoms with Gasteiger partial charge in [-0.2, -0.15) is 0 Å². The molecule has 0 saturated carbocycles. The number of halogens is 2. The van der Waals surface area contributed by atoms with Gasteiger partial charge in [0.25, 0.3) is 0 Å². The minimum absolute atomic E-state index is 0.0115. The molecule has 0 aromatic carbocycles. The molecule has 15 heavy (non-hydrogen) atoms. The number of hydrogen-bond donors (Lipinski definition) is 2. The minimum Gasteiger partial charge on any atom is -0.378 e. The highest BCUT2D eigenvalue weighted by Gasteiger charge is 1.97. The van der Waals surface area contributed by atoms with Crippen LogP contribution >= 0.6 is 45.2 Å². The van der Waals surface area contributed by atoms with Crippen LogP contribution in [0.1, 0.15) is 0 Å². The van der Waals surface area contributed by atoms with Crippen molar-refractivity contribution in [3.05, 3.63) is 0 Å². The van der Waals surface area contributed by atoms with Crippen LogP contribution in [0.5, 0.6) is 0 Å². The Bertz CT molecular complexity index is 182. The van der Waals surface area contributed by atoms with E-state index in [2.05, 4.69) is 10.6 Å². The number of ether oxygens (including phenoxy) is 1. The van der Waals surface area contributed by atoms with E-state index in [1.807, 2.05) is 45.2 Å². The summed E-state index contributed by atoms with van der Waals surface area (Å²) < 4.78 is 6.11. The molecule has 0 aromatic rings. The maximum Gasteiger partial charge on any atom is 0.229 e. The van der Waals surface area contributed by atoms with E-state index in [9.17, 15) is 9.59 Å². The Morgan fingerprint density at radius 2 is 1.33 bits per heavy atom. The van der Waals surface area contributed by atoms with Crippen molar-refractivity contribution in [3.63, 3.8) is 0 Å². The summed E-state index contributed by atoms with van der Waals surface area (Å²) in [6.07, 6.45) is 0. The van der Waals surface area contributed by atoms with Gasteiger partial charge in [-0.25, -0.2) is 0 Å². The number of amides is 2. The third-order valence-corrected chi connectivity index (χ3v) is 2.77. The van der Waals surface area contributed by atoms with Crippen molar-refractivity contribution in [1.29, 1.82) is 0 Å². The van der Waals surface area contributed by atoms with E-state index in [1.54, 1.807) is 0 Å². The molecule has 0 fully saturated rings. The summed E-state index contributed by atoms with van der Waals surface area (Å²) in [5.41, 5.74) is 0. The SMILES string of the molecule is O=C(CI)NCCOCCNC(=O)CI. The molecule has 0 atom stereocenters. The van der Waals surface area contributed by atoms with E-state index in [-0.39, 0.29) is 11.8 Å². The molecule has 0 aliphatic heterocycles. The van der Waals surface area contributed by atoms with Gasteiger partial charge in [0.2, 0.25) is 11.8 Å². The van der Waals surface area contributed by atoms with Gasteiger partial charge in [-0.3, -0.25) is 9.59 Å². The molecule has 0 heterocycles. The highest BCUT2D eigenvalue weighted by molar-refractivity contribution is 14.1. The van der Waals surface area contributed by atoms with Crippen LogP contribution in [0.2, 0.25) is 0 Å². The maximum atomic E-state index is 10.8.